The summed E-state index contributed by atoms with van der Waals surface area (Å²) in [6.45, 7) is 3.86. The van der Waals surface area contributed by atoms with Crippen LogP contribution < -0.4 is 5.32 Å². The van der Waals surface area contributed by atoms with Crippen LogP contribution in [0.25, 0.3) is 0 Å². The minimum absolute atomic E-state index is 0.206. The van der Waals surface area contributed by atoms with Gasteiger partial charge >= 0.3 is 5.97 Å². The second-order valence-electron chi connectivity index (χ2n) is 4.24. The molecule has 0 saturated heterocycles. The van der Waals surface area contributed by atoms with Gasteiger partial charge in [0.2, 0.25) is 0 Å². The van der Waals surface area contributed by atoms with E-state index in [0.29, 0.717) is 15.7 Å². The molecule has 0 radical (unpaired) electrons. The number of rotatable bonds is 6. The molecule has 1 atom stereocenters. The third-order valence-electron chi connectivity index (χ3n) is 2.75. The fraction of sp³-hybridized carbons (Fsp3) is 0.385. The van der Waals surface area contributed by atoms with E-state index in [4.69, 9.17) is 5.11 Å². The second-order valence-corrected chi connectivity index (χ2v) is 6.22. The van der Waals surface area contributed by atoms with Crippen LogP contribution in [-0.4, -0.2) is 16.1 Å². The van der Waals surface area contributed by atoms with E-state index in [0.717, 1.165) is 12.8 Å². The molecule has 0 fully saturated rings. The van der Waals surface area contributed by atoms with Crippen molar-refractivity contribution in [2.75, 3.05) is 5.32 Å². The summed E-state index contributed by atoms with van der Waals surface area (Å²) in [5.41, 5.74) is 0.571. The van der Waals surface area contributed by atoms with E-state index in [-0.39, 0.29) is 6.04 Å². The maximum atomic E-state index is 11.0. The Morgan fingerprint density at radius 2 is 2.37 bits per heavy atom. The predicted octanol–water partition coefficient (Wildman–Crippen LogP) is 4.16. The van der Waals surface area contributed by atoms with Crippen molar-refractivity contribution in [2.24, 2.45) is 0 Å². The maximum absolute atomic E-state index is 11.0. The number of aromatic nitrogens is 1. The van der Waals surface area contributed by atoms with Crippen LogP contribution in [0.4, 0.5) is 5.13 Å². The summed E-state index contributed by atoms with van der Waals surface area (Å²) in [5, 5.41) is 15.1. The molecule has 2 heterocycles. The fourth-order valence-electron chi connectivity index (χ4n) is 1.87. The highest BCUT2D eigenvalue weighted by atomic mass is 32.1. The zero-order valence-corrected chi connectivity index (χ0v) is 12.5. The van der Waals surface area contributed by atoms with Gasteiger partial charge in [0.05, 0.1) is 11.7 Å². The Hall–Kier alpha value is -1.40. The SMILES string of the molecule is CCCC(Nc1nc(C)c(C(=O)O)s1)c1cccs1. The van der Waals surface area contributed by atoms with Gasteiger partial charge in [-0.3, -0.25) is 0 Å². The Morgan fingerprint density at radius 1 is 1.58 bits per heavy atom. The number of hydrogen-bond donors (Lipinski definition) is 2. The van der Waals surface area contributed by atoms with E-state index in [1.54, 1.807) is 18.3 Å². The predicted molar refractivity (Wildman–Crippen MR) is 79.4 cm³/mol. The number of nitrogens with zero attached hydrogens (tertiary/aromatic N) is 1. The van der Waals surface area contributed by atoms with Gasteiger partial charge in [0, 0.05) is 4.88 Å². The van der Waals surface area contributed by atoms with Crippen molar-refractivity contribution in [3.05, 3.63) is 33.0 Å². The number of thiazole rings is 1. The summed E-state index contributed by atoms with van der Waals surface area (Å²) in [7, 11) is 0. The minimum atomic E-state index is -0.911. The van der Waals surface area contributed by atoms with Gasteiger partial charge in [-0.2, -0.15) is 0 Å². The number of aryl methyl sites for hydroxylation is 1. The fourth-order valence-corrected chi connectivity index (χ4v) is 3.54. The van der Waals surface area contributed by atoms with Crippen molar-refractivity contribution in [2.45, 2.75) is 32.7 Å². The summed E-state index contributed by atoms with van der Waals surface area (Å²) in [4.78, 5) is 16.9. The lowest BCUT2D eigenvalue weighted by atomic mass is 10.1. The number of aromatic carboxylic acids is 1. The van der Waals surface area contributed by atoms with Crippen LogP contribution in [0.15, 0.2) is 17.5 Å². The second kappa shape index (κ2) is 6.16. The molecule has 0 aliphatic carbocycles. The Bertz CT molecular complexity index is 549. The van der Waals surface area contributed by atoms with Crippen molar-refractivity contribution >= 4 is 33.8 Å². The Labute approximate surface area is 120 Å². The molecular formula is C13H16N2O2S2. The van der Waals surface area contributed by atoms with E-state index in [1.807, 2.05) is 6.07 Å². The molecule has 6 heteroatoms. The number of carboxylic acid groups (broad SMARTS) is 1. The Balaban J connectivity index is 2.18. The van der Waals surface area contributed by atoms with Crippen LogP contribution in [-0.2, 0) is 0 Å². The number of anilines is 1. The molecule has 4 nitrogen and oxygen atoms in total. The molecule has 0 aliphatic rings. The number of carboxylic acids is 1. The van der Waals surface area contributed by atoms with Gasteiger partial charge in [0.25, 0.3) is 0 Å². The molecule has 2 N–H and O–H groups in total. The summed E-state index contributed by atoms with van der Waals surface area (Å²) in [6, 6.07) is 4.33. The molecule has 0 aliphatic heterocycles. The van der Waals surface area contributed by atoms with E-state index < -0.39 is 5.97 Å². The highest BCUT2D eigenvalue weighted by Gasteiger charge is 2.17. The molecule has 0 spiro atoms. The molecule has 2 aromatic rings. The first kappa shape index (κ1) is 14.0. The lowest BCUT2D eigenvalue weighted by Gasteiger charge is -2.15. The summed E-state index contributed by atoms with van der Waals surface area (Å²) in [5.74, 6) is -0.911. The van der Waals surface area contributed by atoms with Gasteiger partial charge in [-0.25, -0.2) is 9.78 Å². The lowest BCUT2D eigenvalue weighted by Crippen LogP contribution is -2.08. The van der Waals surface area contributed by atoms with Crippen molar-refractivity contribution < 1.29 is 9.90 Å². The van der Waals surface area contributed by atoms with Crippen molar-refractivity contribution in [3.63, 3.8) is 0 Å². The monoisotopic (exact) mass is 296 g/mol. The minimum Gasteiger partial charge on any atom is -0.477 e. The van der Waals surface area contributed by atoms with Gasteiger partial charge in [0.15, 0.2) is 5.13 Å². The van der Waals surface area contributed by atoms with Gasteiger partial charge in [-0.1, -0.05) is 30.7 Å². The summed E-state index contributed by atoms with van der Waals surface area (Å²) >= 11 is 2.91. The lowest BCUT2D eigenvalue weighted by molar-refractivity contribution is 0.0701. The molecule has 102 valence electrons. The van der Waals surface area contributed by atoms with Gasteiger partial charge in [0.1, 0.15) is 4.88 Å². The third kappa shape index (κ3) is 3.33. The molecular weight excluding hydrogens is 280 g/mol. The highest BCUT2D eigenvalue weighted by Crippen LogP contribution is 2.30. The van der Waals surface area contributed by atoms with Crippen LogP contribution in [0.3, 0.4) is 0 Å². The van der Waals surface area contributed by atoms with Crippen LogP contribution in [0.5, 0.6) is 0 Å². The molecule has 1 unspecified atom stereocenters. The van der Waals surface area contributed by atoms with Gasteiger partial charge < -0.3 is 10.4 Å². The number of carbonyl (C=O) groups is 1. The molecule has 0 bridgehead atoms. The van der Waals surface area contributed by atoms with Crippen LogP contribution in [0, 0.1) is 6.92 Å². The molecule has 0 aromatic carbocycles. The topological polar surface area (TPSA) is 62.2 Å². The Kier molecular flexibility index (Phi) is 4.55. The number of thiophene rings is 1. The molecule has 0 saturated carbocycles. The average Bonchev–Trinajstić information content (AvgIpc) is 2.97. The average molecular weight is 296 g/mol. The van der Waals surface area contributed by atoms with Gasteiger partial charge in [-0.05, 0) is 24.8 Å². The first-order chi connectivity index (χ1) is 9.11. The molecule has 0 amide bonds. The van der Waals surface area contributed by atoms with Crippen LogP contribution in [0.2, 0.25) is 0 Å². The normalized spacial score (nSPS) is 12.3. The van der Waals surface area contributed by atoms with Crippen LogP contribution in [0.1, 0.15) is 46.0 Å². The van der Waals surface area contributed by atoms with Crippen molar-refractivity contribution in [1.29, 1.82) is 0 Å². The largest absolute Gasteiger partial charge is 0.477 e. The molecule has 19 heavy (non-hydrogen) atoms. The van der Waals surface area contributed by atoms with E-state index in [1.165, 1.54) is 16.2 Å². The molecule has 2 rings (SSSR count). The Morgan fingerprint density at radius 3 is 2.89 bits per heavy atom. The first-order valence-electron chi connectivity index (χ1n) is 6.12. The summed E-state index contributed by atoms with van der Waals surface area (Å²) < 4.78 is 0. The molecule has 2 aromatic heterocycles. The first-order valence-corrected chi connectivity index (χ1v) is 7.82. The smallest absolute Gasteiger partial charge is 0.347 e. The zero-order chi connectivity index (χ0) is 13.8. The quantitative estimate of drug-likeness (QED) is 0.840. The standard InChI is InChI=1S/C13H16N2O2S2/c1-3-5-9(10-6-4-7-18-10)15-13-14-8(2)11(19-13)12(16)17/h4,6-7,9H,3,5H2,1-2H3,(H,14,15)(H,16,17). The summed E-state index contributed by atoms with van der Waals surface area (Å²) in [6.07, 6.45) is 2.06. The maximum Gasteiger partial charge on any atom is 0.347 e. The third-order valence-corrected chi connectivity index (χ3v) is 4.82. The van der Waals surface area contributed by atoms with Crippen LogP contribution >= 0.6 is 22.7 Å². The van der Waals surface area contributed by atoms with Gasteiger partial charge in [-0.15, -0.1) is 11.3 Å². The zero-order valence-electron chi connectivity index (χ0n) is 10.8. The van der Waals surface area contributed by atoms with E-state index in [9.17, 15) is 4.79 Å². The van der Waals surface area contributed by atoms with E-state index in [2.05, 4.69) is 28.7 Å². The number of hydrogen-bond acceptors (Lipinski definition) is 5. The van der Waals surface area contributed by atoms with E-state index >= 15 is 0 Å². The van der Waals surface area contributed by atoms with Crippen molar-refractivity contribution in [1.82, 2.24) is 4.98 Å². The number of nitrogens with one attached hydrogen (secondary N) is 1. The highest BCUT2D eigenvalue weighted by molar-refractivity contribution is 7.17. The van der Waals surface area contributed by atoms with Crippen molar-refractivity contribution in [3.8, 4) is 0 Å².